The highest BCUT2D eigenvalue weighted by molar-refractivity contribution is 6.33. The summed E-state index contributed by atoms with van der Waals surface area (Å²) in [6.45, 7) is 5.24. The molecule has 122 valence electrons. The van der Waals surface area contributed by atoms with Gasteiger partial charge in [-0.3, -0.25) is 4.79 Å². The molecule has 1 fully saturated rings. The molecule has 1 aromatic rings. The third-order valence-electron chi connectivity index (χ3n) is 4.09. The fraction of sp³-hybridized carbons (Fsp3) is 0.562. The normalized spacial score (nSPS) is 17.8. The Hall–Kier alpha value is -1.30. The van der Waals surface area contributed by atoms with Crippen LogP contribution in [0.5, 0.6) is 5.75 Å². The highest BCUT2D eigenvalue weighted by atomic mass is 35.5. The lowest BCUT2D eigenvalue weighted by Crippen LogP contribution is -2.58. The van der Waals surface area contributed by atoms with Gasteiger partial charge in [-0.05, 0) is 31.0 Å². The van der Waals surface area contributed by atoms with Gasteiger partial charge in [0, 0.05) is 24.7 Å². The molecule has 0 spiro atoms. The van der Waals surface area contributed by atoms with E-state index in [1.807, 2.05) is 13.8 Å². The van der Waals surface area contributed by atoms with Crippen LogP contribution in [0.25, 0.3) is 0 Å². The number of hydrogen-bond acceptors (Lipinski definition) is 4. The molecule has 6 heteroatoms. The van der Waals surface area contributed by atoms with Gasteiger partial charge in [-0.1, -0.05) is 25.4 Å². The predicted molar refractivity (Wildman–Crippen MR) is 86.3 cm³/mol. The van der Waals surface area contributed by atoms with E-state index in [0.29, 0.717) is 36.5 Å². The maximum atomic E-state index is 12.5. The first-order valence-corrected chi connectivity index (χ1v) is 7.91. The van der Waals surface area contributed by atoms with Crippen LogP contribution < -0.4 is 5.32 Å². The molecule has 1 aliphatic rings. The van der Waals surface area contributed by atoms with Gasteiger partial charge >= 0.3 is 0 Å². The molecular weight excluding hydrogens is 304 g/mol. The van der Waals surface area contributed by atoms with Crippen molar-refractivity contribution in [2.24, 2.45) is 0 Å². The molecule has 1 saturated heterocycles. The van der Waals surface area contributed by atoms with E-state index < -0.39 is 0 Å². The number of phenolic OH excluding ortho intramolecular Hbond substituents is 1. The summed E-state index contributed by atoms with van der Waals surface area (Å²) in [6, 6.07) is 4.64. The number of hydrogen-bond donors (Lipinski definition) is 3. The second-order valence-corrected chi connectivity index (χ2v) is 6.60. The number of amides is 1. The SMILES string of the molecule is CC(C)NC1(CO)CCN(C(=O)c2cc(O)ccc2Cl)CC1. The Morgan fingerprint density at radius 2 is 2.05 bits per heavy atom. The maximum Gasteiger partial charge on any atom is 0.255 e. The molecule has 2 rings (SSSR count). The van der Waals surface area contributed by atoms with Crippen molar-refractivity contribution < 1.29 is 15.0 Å². The van der Waals surface area contributed by atoms with Crippen LogP contribution in [0, 0.1) is 0 Å². The molecule has 22 heavy (non-hydrogen) atoms. The Labute approximate surface area is 135 Å². The van der Waals surface area contributed by atoms with E-state index in [1.54, 1.807) is 4.90 Å². The monoisotopic (exact) mass is 326 g/mol. The minimum Gasteiger partial charge on any atom is -0.508 e. The van der Waals surface area contributed by atoms with E-state index in [1.165, 1.54) is 18.2 Å². The Kier molecular flexibility index (Phi) is 5.32. The first-order valence-electron chi connectivity index (χ1n) is 7.53. The molecule has 1 aliphatic heterocycles. The number of piperidine rings is 1. The van der Waals surface area contributed by atoms with Gasteiger partial charge in [-0.25, -0.2) is 0 Å². The fourth-order valence-electron chi connectivity index (χ4n) is 2.95. The van der Waals surface area contributed by atoms with Crippen LogP contribution in [0.2, 0.25) is 5.02 Å². The van der Waals surface area contributed by atoms with Gasteiger partial charge in [-0.15, -0.1) is 0 Å². The van der Waals surface area contributed by atoms with Gasteiger partial charge in [0.15, 0.2) is 0 Å². The van der Waals surface area contributed by atoms with Crippen molar-refractivity contribution in [2.45, 2.75) is 38.3 Å². The maximum absolute atomic E-state index is 12.5. The summed E-state index contributed by atoms with van der Waals surface area (Å²) in [4.78, 5) is 14.3. The van der Waals surface area contributed by atoms with Crippen molar-refractivity contribution in [1.29, 1.82) is 0 Å². The molecule has 5 nitrogen and oxygen atoms in total. The number of phenols is 1. The number of aliphatic hydroxyl groups excluding tert-OH is 1. The van der Waals surface area contributed by atoms with E-state index in [-0.39, 0.29) is 29.8 Å². The minimum absolute atomic E-state index is 0.0240. The molecule has 0 unspecified atom stereocenters. The number of nitrogens with zero attached hydrogens (tertiary/aromatic N) is 1. The summed E-state index contributed by atoms with van der Waals surface area (Å²) in [5.41, 5.74) is -0.0110. The third kappa shape index (κ3) is 3.72. The second-order valence-electron chi connectivity index (χ2n) is 6.19. The van der Waals surface area contributed by atoms with Crippen LogP contribution in [-0.2, 0) is 0 Å². The summed E-state index contributed by atoms with van der Waals surface area (Å²) in [5, 5.41) is 23.0. The third-order valence-corrected chi connectivity index (χ3v) is 4.42. The molecule has 0 aromatic heterocycles. The van der Waals surface area contributed by atoms with Crippen molar-refractivity contribution in [3.05, 3.63) is 28.8 Å². The lowest BCUT2D eigenvalue weighted by atomic mass is 9.87. The Balaban J connectivity index is 2.07. The van der Waals surface area contributed by atoms with Crippen molar-refractivity contribution in [3.63, 3.8) is 0 Å². The van der Waals surface area contributed by atoms with E-state index in [0.717, 1.165) is 0 Å². The predicted octanol–water partition coefficient (Wildman–Crippen LogP) is 2.01. The van der Waals surface area contributed by atoms with Crippen LogP contribution in [0.1, 0.15) is 37.0 Å². The largest absolute Gasteiger partial charge is 0.508 e. The minimum atomic E-state index is -0.326. The number of carbonyl (C=O) groups excluding carboxylic acids is 1. The number of aromatic hydroxyl groups is 1. The Bertz CT molecular complexity index is 540. The smallest absolute Gasteiger partial charge is 0.255 e. The zero-order valence-corrected chi connectivity index (χ0v) is 13.7. The topological polar surface area (TPSA) is 72.8 Å². The van der Waals surface area contributed by atoms with Gasteiger partial charge in [0.1, 0.15) is 5.75 Å². The van der Waals surface area contributed by atoms with E-state index in [9.17, 15) is 15.0 Å². The number of carbonyl (C=O) groups is 1. The van der Waals surface area contributed by atoms with Crippen LogP contribution in [0.3, 0.4) is 0 Å². The summed E-state index contributed by atoms with van der Waals surface area (Å²) >= 11 is 6.05. The zero-order chi connectivity index (χ0) is 16.3. The molecule has 0 saturated carbocycles. The number of rotatable bonds is 4. The van der Waals surface area contributed by atoms with Crippen molar-refractivity contribution in [3.8, 4) is 5.75 Å². The molecule has 0 atom stereocenters. The molecular formula is C16H23ClN2O3. The van der Waals surface area contributed by atoms with E-state index in [4.69, 9.17) is 11.6 Å². The molecule has 0 radical (unpaired) electrons. The Morgan fingerprint density at radius 3 is 2.59 bits per heavy atom. The van der Waals surface area contributed by atoms with Crippen LogP contribution in [0.4, 0.5) is 0 Å². The summed E-state index contributed by atoms with van der Waals surface area (Å²) in [6.07, 6.45) is 1.37. The molecule has 0 bridgehead atoms. The number of likely N-dealkylation sites (tertiary alicyclic amines) is 1. The summed E-state index contributed by atoms with van der Waals surface area (Å²) < 4.78 is 0. The summed E-state index contributed by atoms with van der Waals surface area (Å²) in [7, 11) is 0. The molecule has 1 aromatic carbocycles. The fourth-order valence-corrected chi connectivity index (χ4v) is 3.14. The van der Waals surface area contributed by atoms with Gasteiger partial charge in [0.25, 0.3) is 5.91 Å². The number of halogens is 1. The lowest BCUT2D eigenvalue weighted by molar-refractivity contribution is 0.0510. The zero-order valence-electron chi connectivity index (χ0n) is 13.0. The van der Waals surface area contributed by atoms with E-state index in [2.05, 4.69) is 5.32 Å². The van der Waals surface area contributed by atoms with Crippen molar-refractivity contribution in [2.75, 3.05) is 19.7 Å². The number of aliphatic hydroxyl groups is 1. The van der Waals surface area contributed by atoms with Crippen molar-refractivity contribution >= 4 is 17.5 Å². The Morgan fingerprint density at radius 1 is 1.41 bits per heavy atom. The van der Waals surface area contributed by atoms with E-state index >= 15 is 0 Å². The standard InChI is InChI=1S/C16H23ClN2O3/c1-11(2)18-16(10-20)5-7-19(8-6-16)15(22)13-9-12(21)3-4-14(13)17/h3-4,9,11,18,20-21H,5-8,10H2,1-2H3. The molecule has 1 heterocycles. The highest BCUT2D eigenvalue weighted by Crippen LogP contribution is 2.27. The van der Waals surface area contributed by atoms with Crippen LogP contribution in [0.15, 0.2) is 18.2 Å². The van der Waals surface area contributed by atoms with Gasteiger partial charge < -0.3 is 20.4 Å². The van der Waals surface area contributed by atoms with Gasteiger partial charge in [-0.2, -0.15) is 0 Å². The van der Waals surface area contributed by atoms with Crippen molar-refractivity contribution in [1.82, 2.24) is 10.2 Å². The van der Waals surface area contributed by atoms with Gasteiger partial charge in [0.05, 0.1) is 17.2 Å². The molecule has 3 N–H and O–H groups in total. The van der Waals surface area contributed by atoms with Gasteiger partial charge in [0.2, 0.25) is 0 Å². The second kappa shape index (κ2) is 6.86. The first kappa shape index (κ1) is 17.1. The lowest BCUT2D eigenvalue weighted by Gasteiger charge is -2.42. The average molecular weight is 327 g/mol. The quantitative estimate of drug-likeness (QED) is 0.791. The first-order chi connectivity index (χ1) is 10.4. The average Bonchev–Trinajstić information content (AvgIpc) is 2.49. The highest BCUT2D eigenvalue weighted by Gasteiger charge is 2.36. The summed E-state index contributed by atoms with van der Waals surface area (Å²) in [5.74, 6) is -0.159. The molecule has 1 amide bonds. The number of benzene rings is 1. The number of nitrogens with one attached hydrogen (secondary N) is 1. The van der Waals surface area contributed by atoms with Crippen LogP contribution in [-0.4, -0.2) is 52.3 Å². The van der Waals surface area contributed by atoms with Crippen LogP contribution >= 0.6 is 11.6 Å². The molecule has 0 aliphatic carbocycles.